The number of rotatable bonds is 0. The Morgan fingerprint density at radius 2 is 1.44 bits per heavy atom. The minimum atomic E-state index is 1.33. The molecule has 0 aliphatic rings. The lowest BCUT2D eigenvalue weighted by Gasteiger charge is -2.14. The molecule has 0 amide bonds. The molecule has 0 N–H and O–H groups in total. The van der Waals surface area contributed by atoms with Crippen LogP contribution in [0.5, 0.6) is 0 Å². The van der Waals surface area contributed by atoms with Gasteiger partial charge in [0, 0.05) is 0 Å². The van der Waals surface area contributed by atoms with Gasteiger partial charge in [-0.15, -0.1) is 0 Å². The van der Waals surface area contributed by atoms with Crippen molar-refractivity contribution in [3.8, 4) is 0 Å². The first-order valence-corrected chi connectivity index (χ1v) is 6.48. The Hall–Kier alpha value is -1.82. The van der Waals surface area contributed by atoms with Gasteiger partial charge in [-0.25, -0.2) is 0 Å². The SMILES string of the molecule is Cc1ccc2c(c1)c(C)c(C)c1c(C)cccc12. The summed E-state index contributed by atoms with van der Waals surface area (Å²) < 4.78 is 0. The maximum absolute atomic E-state index is 2.30. The van der Waals surface area contributed by atoms with E-state index in [4.69, 9.17) is 0 Å². The third-order valence-corrected chi connectivity index (χ3v) is 4.08. The summed E-state index contributed by atoms with van der Waals surface area (Å²) >= 11 is 0. The lowest BCUT2D eigenvalue weighted by Crippen LogP contribution is -1.91. The van der Waals surface area contributed by atoms with E-state index in [1.165, 1.54) is 43.8 Å². The Bertz CT molecular complexity index is 764. The average molecular weight is 234 g/mol. The van der Waals surface area contributed by atoms with Gasteiger partial charge in [0.15, 0.2) is 0 Å². The van der Waals surface area contributed by atoms with E-state index in [-0.39, 0.29) is 0 Å². The average Bonchev–Trinajstić information content (AvgIpc) is 2.35. The topological polar surface area (TPSA) is 0 Å². The molecule has 0 atom stereocenters. The van der Waals surface area contributed by atoms with Gasteiger partial charge in [0.05, 0.1) is 0 Å². The van der Waals surface area contributed by atoms with Crippen molar-refractivity contribution in [2.24, 2.45) is 0 Å². The van der Waals surface area contributed by atoms with Crippen molar-refractivity contribution in [3.63, 3.8) is 0 Å². The van der Waals surface area contributed by atoms with E-state index in [0.29, 0.717) is 0 Å². The molecule has 0 aliphatic heterocycles. The number of benzene rings is 3. The van der Waals surface area contributed by atoms with Gasteiger partial charge < -0.3 is 0 Å². The predicted octanol–water partition coefficient (Wildman–Crippen LogP) is 5.23. The monoisotopic (exact) mass is 234 g/mol. The van der Waals surface area contributed by atoms with Crippen LogP contribution in [0.25, 0.3) is 21.5 Å². The van der Waals surface area contributed by atoms with E-state index in [1.807, 2.05) is 0 Å². The summed E-state index contributed by atoms with van der Waals surface area (Å²) in [6.45, 7) is 8.85. The molecular formula is C18H18. The van der Waals surface area contributed by atoms with Crippen LogP contribution in [-0.2, 0) is 0 Å². The summed E-state index contributed by atoms with van der Waals surface area (Å²) in [6, 6.07) is 13.4. The van der Waals surface area contributed by atoms with Crippen LogP contribution in [0, 0.1) is 27.7 Å². The molecule has 3 aromatic carbocycles. The second-order valence-electron chi connectivity index (χ2n) is 5.30. The summed E-state index contributed by atoms with van der Waals surface area (Å²) in [7, 11) is 0. The first kappa shape index (κ1) is 11.3. The zero-order valence-corrected chi connectivity index (χ0v) is 11.5. The highest BCUT2D eigenvalue weighted by atomic mass is 14.1. The van der Waals surface area contributed by atoms with E-state index in [2.05, 4.69) is 64.1 Å². The molecule has 0 aromatic heterocycles. The summed E-state index contributed by atoms with van der Waals surface area (Å²) in [6.07, 6.45) is 0. The number of hydrogen-bond donors (Lipinski definition) is 0. The maximum Gasteiger partial charge on any atom is -0.00999 e. The maximum atomic E-state index is 2.30. The first-order chi connectivity index (χ1) is 8.59. The second kappa shape index (κ2) is 3.84. The predicted molar refractivity (Wildman–Crippen MR) is 80.4 cm³/mol. The molecule has 0 nitrogen and oxygen atoms in total. The Balaban J connectivity index is 2.67. The summed E-state index contributed by atoms with van der Waals surface area (Å²) in [5.41, 5.74) is 5.53. The van der Waals surface area contributed by atoms with E-state index >= 15 is 0 Å². The van der Waals surface area contributed by atoms with E-state index < -0.39 is 0 Å². The Labute approximate surface area is 108 Å². The highest BCUT2D eigenvalue weighted by Gasteiger charge is 2.09. The summed E-state index contributed by atoms with van der Waals surface area (Å²) in [4.78, 5) is 0. The second-order valence-corrected chi connectivity index (χ2v) is 5.30. The highest BCUT2D eigenvalue weighted by molar-refractivity contribution is 6.11. The molecular weight excluding hydrogens is 216 g/mol. The molecule has 0 saturated heterocycles. The molecule has 0 heteroatoms. The fourth-order valence-electron chi connectivity index (χ4n) is 2.98. The number of hydrogen-bond acceptors (Lipinski definition) is 0. The lowest BCUT2D eigenvalue weighted by molar-refractivity contribution is 1.38. The van der Waals surface area contributed by atoms with Crippen LogP contribution in [0.4, 0.5) is 0 Å². The van der Waals surface area contributed by atoms with Gasteiger partial charge in [-0.05, 0) is 65.9 Å². The molecule has 18 heavy (non-hydrogen) atoms. The van der Waals surface area contributed by atoms with Gasteiger partial charge >= 0.3 is 0 Å². The first-order valence-electron chi connectivity index (χ1n) is 6.48. The van der Waals surface area contributed by atoms with Crippen LogP contribution in [-0.4, -0.2) is 0 Å². The Kier molecular flexibility index (Phi) is 2.41. The van der Waals surface area contributed by atoms with Crippen LogP contribution in [0.15, 0.2) is 36.4 Å². The van der Waals surface area contributed by atoms with Crippen molar-refractivity contribution in [3.05, 3.63) is 58.7 Å². The fraction of sp³-hybridized carbons (Fsp3) is 0.222. The molecule has 0 spiro atoms. The van der Waals surface area contributed by atoms with Crippen LogP contribution < -0.4 is 0 Å². The molecule has 3 aromatic rings. The van der Waals surface area contributed by atoms with E-state index in [9.17, 15) is 0 Å². The molecule has 0 bridgehead atoms. The van der Waals surface area contributed by atoms with Gasteiger partial charge in [-0.3, -0.25) is 0 Å². The minimum Gasteiger partial charge on any atom is -0.0613 e. The fourth-order valence-corrected chi connectivity index (χ4v) is 2.98. The highest BCUT2D eigenvalue weighted by Crippen LogP contribution is 2.34. The van der Waals surface area contributed by atoms with Crippen molar-refractivity contribution >= 4 is 21.5 Å². The van der Waals surface area contributed by atoms with Crippen LogP contribution >= 0.6 is 0 Å². The minimum absolute atomic E-state index is 1.33. The third-order valence-electron chi connectivity index (χ3n) is 4.08. The quantitative estimate of drug-likeness (QED) is 0.467. The number of aryl methyl sites for hydroxylation is 4. The molecule has 0 aliphatic carbocycles. The molecule has 3 rings (SSSR count). The van der Waals surface area contributed by atoms with Crippen molar-refractivity contribution in [2.75, 3.05) is 0 Å². The standard InChI is InChI=1S/C18H18/c1-11-8-9-15-16-7-5-6-12(2)18(16)14(4)13(3)17(15)10-11/h5-10H,1-4H3. The van der Waals surface area contributed by atoms with E-state index in [0.717, 1.165) is 0 Å². The lowest BCUT2D eigenvalue weighted by atomic mass is 9.90. The van der Waals surface area contributed by atoms with Gasteiger partial charge in [0.1, 0.15) is 0 Å². The molecule has 90 valence electrons. The van der Waals surface area contributed by atoms with Gasteiger partial charge in [0.25, 0.3) is 0 Å². The zero-order chi connectivity index (χ0) is 12.9. The van der Waals surface area contributed by atoms with Gasteiger partial charge in [-0.2, -0.15) is 0 Å². The van der Waals surface area contributed by atoms with E-state index in [1.54, 1.807) is 0 Å². The van der Waals surface area contributed by atoms with Gasteiger partial charge in [-0.1, -0.05) is 42.0 Å². The molecule has 0 unspecified atom stereocenters. The van der Waals surface area contributed by atoms with Gasteiger partial charge in [0.2, 0.25) is 0 Å². The van der Waals surface area contributed by atoms with Crippen molar-refractivity contribution in [2.45, 2.75) is 27.7 Å². The largest absolute Gasteiger partial charge is 0.0613 e. The molecule has 0 heterocycles. The van der Waals surface area contributed by atoms with Crippen LogP contribution in [0.1, 0.15) is 22.3 Å². The Morgan fingerprint density at radius 3 is 2.22 bits per heavy atom. The van der Waals surface area contributed by atoms with Crippen molar-refractivity contribution in [1.82, 2.24) is 0 Å². The molecule has 0 saturated carbocycles. The summed E-state index contributed by atoms with van der Waals surface area (Å²) in [5.74, 6) is 0. The smallest absolute Gasteiger partial charge is 0.00999 e. The van der Waals surface area contributed by atoms with Crippen molar-refractivity contribution < 1.29 is 0 Å². The Morgan fingerprint density at radius 1 is 0.667 bits per heavy atom. The normalized spacial score (nSPS) is 11.3. The number of fused-ring (bicyclic) bond motifs is 3. The molecule has 0 fully saturated rings. The van der Waals surface area contributed by atoms with Crippen LogP contribution in [0.3, 0.4) is 0 Å². The van der Waals surface area contributed by atoms with Crippen molar-refractivity contribution in [1.29, 1.82) is 0 Å². The third kappa shape index (κ3) is 1.45. The molecule has 0 radical (unpaired) electrons. The zero-order valence-electron chi connectivity index (χ0n) is 11.5. The van der Waals surface area contributed by atoms with Crippen LogP contribution in [0.2, 0.25) is 0 Å². The summed E-state index contributed by atoms with van der Waals surface area (Å²) in [5, 5.41) is 5.58.